The second kappa shape index (κ2) is 10.3. The maximum Gasteiger partial charge on any atom is 0.251 e. The van der Waals surface area contributed by atoms with E-state index >= 15 is 0 Å². The quantitative estimate of drug-likeness (QED) is 0.401. The summed E-state index contributed by atoms with van der Waals surface area (Å²) in [5.74, 6) is -1.04. The first-order valence-corrected chi connectivity index (χ1v) is 11.5. The minimum Gasteiger partial charge on any atom is -0.458 e. The van der Waals surface area contributed by atoms with Crippen molar-refractivity contribution >= 4 is 17.5 Å². The van der Waals surface area contributed by atoms with E-state index in [-0.39, 0.29) is 11.5 Å². The predicted molar refractivity (Wildman–Crippen MR) is 131 cm³/mol. The molecule has 2 aromatic heterocycles. The molecule has 0 aliphatic heterocycles. The zero-order valence-corrected chi connectivity index (χ0v) is 20.8. The lowest BCUT2D eigenvalue weighted by atomic mass is 10.0. The summed E-state index contributed by atoms with van der Waals surface area (Å²) >= 11 is 0. The minimum atomic E-state index is -1.25. The van der Waals surface area contributed by atoms with Crippen LogP contribution in [-0.4, -0.2) is 37.6 Å². The van der Waals surface area contributed by atoms with Gasteiger partial charge in [-0.05, 0) is 80.9 Å². The van der Waals surface area contributed by atoms with Crippen LogP contribution < -0.4 is 10.2 Å². The number of nitrogens with one attached hydrogen (secondary N) is 1. The number of halogens is 2. The van der Waals surface area contributed by atoms with Crippen molar-refractivity contribution in [1.29, 1.82) is 0 Å². The third-order valence-corrected chi connectivity index (χ3v) is 5.24. The molecule has 0 saturated heterocycles. The van der Waals surface area contributed by atoms with E-state index in [0.29, 0.717) is 17.1 Å². The number of tetrazole rings is 1. The van der Waals surface area contributed by atoms with Crippen molar-refractivity contribution in [3.05, 3.63) is 83.6 Å². The van der Waals surface area contributed by atoms with Crippen molar-refractivity contribution in [2.45, 2.75) is 45.8 Å². The van der Waals surface area contributed by atoms with E-state index in [4.69, 9.17) is 4.42 Å². The lowest BCUT2D eigenvalue weighted by molar-refractivity contribution is -0.128. The topological polar surface area (TPSA) is 106 Å². The second-order valence-corrected chi connectivity index (χ2v) is 9.49. The van der Waals surface area contributed by atoms with Crippen molar-refractivity contribution < 1.29 is 22.8 Å². The molecule has 0 radical (unpaired) electrons. The molecule has 2 aromatic carbocycles. The number of carbonyl (C=O) groups is 2. The van der Waals surface area contributed by atoms with Gasteiger partial charge < -0.3 is 9.73 Å². The number of aryl methyl sites for hydroxylation is 1. The fourth-order valence-corrected chi connectivity index (χ4v) is 3.72. The molecule has 1 atom stereocenters. The zero-order valence-electron chi connectivity index (χ0n) is 20.8. The van der Waals surface area contributed by atoms with Crippen LogP contribution in [-0.2, 0) is 16.1 Å². The molecule has 0 bridgehead atoms. The van der Waals surface area contributed by atoms with Gasteiger partial charge in [-0.2, -0.15) is 4.80 Å². The Morgan fingerprint density at radius 3 is 2.41 bits per heavy atom. The number of aromatic nitrogens is 4. The molecule has 0 saturated carbocycles. The Bertz CT molecular complexity index is 1410. The molecule has 37 heavy (non-hydrogen) atoms. The van der Waals surface area contributed by atoms with Gasteiger partial charge in [-0.15, -0.1) is 10.2 Å². The summed E-state index contributed by atoms with van der Waals surface area (Å²) in [7, 11) is 0. The van der Waals surface area contributed by atoms with Crippen LogP contribution in [0.5, 0.6) is 0 Å². The molecule has 0 unspecified atom stereocenters. The molecule has 2 amide bonds. The van der Waals surface area contributed by atoms with Gasteiger partial charge in [0.15, 0.2) is 5.76 Å². The Balaban J connectivity index is 1.75. The minimum absolute atomic E-state index is 0.130. The zero-order chi connectivity index (χ0) is 26.7. The molecule has 1 N–H and O–H groups in total. The second-order valence-electron chi connectivity index (χ2n) is 9.49. The highest BCUT2D eigenvalue weighted by Crippen LogP contribution is 2.30. The van der Waals surface area contributed by atoms with Crippen molar-refractivity contribution in [2.24, 2.45) is 0 Å². The van der Waals surface area contributed by atoms with Crippen LogP contribution in [0, 0.1) is 18.6 Å². The third-order valence-electron chi connectivity index (χ3n) is 5.24. The molecule has 11 heteroatoms. The molecule has 0 fully saturated rings. The first-order valence-electron chi connectivity index (χ1n) is 11.5. The van der Waals surface area contributed by atoms with Gasteiger partial charge in [0.05, 0.1) is 0 Å². The van der Waals surface area contributed by atoms with Gasteiger partial charge in [0.25, 0.3) is 5.91 Å². The Hall–Kier alpha value is -4.41. The number of anilines is 1. The molecule has 4 rings (SSSR count). The van der Waals surface area contributed by atoms with Gasteiger partial charge in [0.2, 0.25) is 11.7 Å². The highest BCUT2D eigenvalue weighted by molar-refractivity contribution is 6.01. The van der Waals surface area contributed by atoms with Crippen LogP contribution >= 0.6 is 0 Å². The number of benzene rings is 2. The van der Waals surface area contributed by atoms with E-state index in [9.17, 15) is 18.4 Å². The van der Waals surface area contributed by atoms with Crippen LogP contribution in [0.2, 0.25) is 0 Å². The van der Waals surface area contributed by atoms with Crippen molar-refractivity contribution in [3.63, 3.8) is 0 Å². The lowest BCUT2D eigenvalue weighted by Gasteiger charge is -2.33. The van der Waals surface area contributed by atoms with Crippen LogP contribution in [0.1, 0.15) is 38.1 Å². The summed E-state index contributed by atoms with van der Waals surface area (Å²) in [6, 6.07) is 12.7. The fourth-order valence-electron chi connectivity index (χ4n) is 3.72. The van der Waals surface area contributed by atoms with Crippen molar-refractivity contribution in [1.82, 2.24) is 25.5 Å². The van der Waals surface area contributed by atoms with E-state index in [1.807, 2.05) is 0 Å². The van der Waals surface area contributed by atoms with Crippen LogP contribution in [0.3, 0.4) is 0 Å². The summed E-state index contributed by atoms with van der Waals surface area (Å²) in [5.41, 5.74) is -0.181. The molecule has 0 aliphatic carbocycles. The fraction of sp³-hybridized carbons (Fsp3) is 0.269. The van der Waals surface area contributed by atoms with Crippen molar-refractivity contribution in [2.75, 3.05) is 4.90 Å². The normalized spacial score (nSPS) is 12.3. The molecule has 9 nitrogen and oxygen atoms in total. The smallest absolute Gasteiger partial charge is 0.251 e. The van der Waals surface area contributed by atoms with E-state index in [0.717, 1.165) is 15.8 Å². The Morgan fingerprint density at radius 1 is 1.05 bits per heavy atom. The first kappa shape index (κ1) is 25.7. The summed E-state index contributed by atoms with van der Waals surface area (Å²) in [6.07, 6.45) is 0. The Morgan fingerprint density at radius 2 is 1.78 bits per heavy atom. The number of furan rings is 1. The molecule has 0 aliphatic rings. The average Bonchev–Trinajstić information content (AvgIpc) is 3.45. The van der Waals surface area contributed by atoms with E-state index in [1.54, 1.807) is 39.8 Å². The van der Waals surface area contributed by atoms with Gasteiger partial charge in [0, 0.05) is 11.2 Å². The van der Waals surface area contributed by atoms with Gasteiger partial charge in [-0.25, -0.2) is 8.78 Å². The maximum atomic E-state index is 14.3. The number of carbonyl (C=O) groups excluding carboxylic acids is 2. The largest absolute Gasteiger partial charge is 0.458 e. The summed E-state index contributed by atoms with van der Waals surface area (Å²) in [4.78, 5) is 29.5. The van der Waals surface area contributed by atoms with Crippen LogP contribution in [0.4, 0.5) is 14.5 Å². The Kier molecular flexibility index (Phi) is 7.14. The molecule has 2 heterocycles. The molecule has 4 aromatic rings. The molecule has 192 valence electrons. The van der Waals surface area contributed by atoms with Gasteiger partial charge in [0.1, 0.15) is 30.0 Å². The van der Waals surface area contributed by atoms with Gasteiger partial charge in [-0.1, -0.05) is 18.2 Å². The van der Waals surface area contributed by atoms with E-state index < -0.39 is 41.6 Å². The number of rotatable bonds is 7. The highest BCUT2D eigenvalue weighted by Gasteiger charge is 2.35. The number of nitrogens with zero attached hydrogens (tertiary/aromatic N) is 5. The first-order chi connectivity index (χ1) is 17.5. The number of hydrogen-bond acceptors (Lipinski definition) is 6. The monoisotopic (exact) mass is 508 g/mol. The molecular weight excluding hydrogens is 482 g/mol. The number of amides is 2. The van der Waals surface area contributed by atoms with Gasteiger partial charge >= 0.3 is 0 Å². The molecular formula is C26H26F2N6O3. The van der Waals surface area contributed by atoms with Crippen molar-refractivity contribution in [3.8, 4) is 11.6 Å². The lowest BCUT2D eigenvalue weighted by Crippen LogP contribution is -2.50. The average molecular weight is 509 g/mol. The summed E-state index contributed by atoms with van der Waals surface area (Å²) in [6.45, 7) is 6.73. The Labute approximate surface area is 212 Å². The van der Waals surface area contributed by atoms with Gasteiger partial charge in [-0.3, -0.25) is 14.5 Å². The van der Waals surface area contributed by atoms with Crippen LogP contribution in [0.25, 0.3) is 11.6 Å². The standard InChI is InChI=1S/C26H26F2N6O3/c1-16-8-13-21(37-16)24-30-32-33(31-24)15-22(35)34(20-7-5-6-19(28)14-20)23(25(36)29-26(2,3)4)17-9-11-18(27)12-10-17/h5-14,23H,15H2,1-4H3,(H,29,36)/t23-/m1/s1. The summed E-state index contributed by atoms with van der Waals surface area (Å²) in [5, 5.41) is 14.9. The van der Waals surface area contributed by atoms with E-state index in [2.05, 4.69) is 20.7 Å². The van der Waals surface area contributed by atoms with Crippen LogP contribution in [0.15, 0.2) is 65.1 Å². The predicted octanol–water partition coefficient (Wildman–Crippen LogP) is 4.21. The summed E-state index contributed by atoms with van der Waals surface area (Å²) < 4.78 is 33.5. The van der Waals surface area contributed by atoms with E-state index in [1.165, 1.54) is 42.5 Å². The third kappa shape index (κ3) is 6.24. The number of hydrogen-bond donors (Lipinski definition) is 1. The maximum absolute atomic E-state index is 14.3. The highest BCUT2D eigenvalue weighted by atomic mass is 19.1. The SMILES string of the molecule is Cc1ccc(-c2nnn(CC(=O)N(c3cccc(F)c3)[C@@H](C(=O)NC(C)(C)C)c3ccc(F)cc3)n2)o1. The molecule has 0 spiro atoms.